The molecule has 116 valence electrons. The first-order valence-corrected chi connectivity index (χ1v) is 8.85. The smallest absolute Gasteiger partial charge is 0.346 e. The van der Waals surface area contributed by atoms with Gasteiger partial charge in [-0.15, -0.1) is 11.3 Å². The summed E-state index contributed by atoms with van der Waals surface area (Å²) in [5, 5.41) is 12.9. The number of nitrogens with one attached hydrogen (secondary N) is 1. The van der Waals surface area contributed by atoms with E-state index >= 15 is 0 Å². The molecule has 0 aliphatic carbocycles. The third kappa shape index (κ3) is 4.18. The van der Waals surface area contributed by atoms with Gasteiger partial charge in [0.1, 0.15) is 10.6 Å². The predicted molar refractivity (Wildman–Crippen MR) is 76.6 cm³/mol. The molecule has 1 atom stereocenters. The van der Waals surface area contributed by atoms with Crippen molar-refractivity contribution in [2.75, 3.05) is 18.1 Å². The molecule has 1 aromatic heterocycles. The first kappa shape index (κ1) is 15.8. The minimum absolute atomic E-state index is 0.0666. The van der Waals surface area contributed by atoms with Crippen molar-refractivity contribution in [3.05, 3.63) is 16.3 Å². The van der Waals surface area contributed by atoms with Gasteiger partial charge in [0.25, 0.3) is 5.91 Å². The van der Waals surface area contributed by atoms with E-state index in [4.69, 9.17) is 9.84 Å². The SMILES string of the molecule is CC1(NC(=O)COc2csc(C(=O)O)c2)CCS(=O)(=O)C1. The van der Waals surface area contributed by atoms with Crippen LogP contribution in [0.5, 0.6) is 5.75 Å². The van der Waals surface area contributed by atoms with Crippen LogP contribution < -0.4 is 10.1 Å². The van der Waals surface area contributed by atoms with E-state index in [2.05, 4.69) is 5.32 Å². The lowest BCUT2D eigenvalue weighted by Crippen LogP contribution is -2.48. The van der Waals surface area contributed by atoms with E-state index in [0.29, 0.717) is 12.2 Å². The molecule has 2 rings (SSSR count). The summed E-state index contributed by atoms with van der Waals surface area (Å²) in [6, 6.07) is 1.34. The zero-order valence-corrected chi connectivity index (χ0v) is 12.9. The van der Waals surface area contributed by atoms with Gasteiger partial charge in [0, 0.05) is 11.4 Å². The summed E-state index contributed by atoms with van der Waals surface area (Å²) in [6.07, 6.45) is 0.378. The number of amides is 1. The zero-order valence-electron chi connectivity index (χ0n) is 11.3. The second-order valence-corrected chi connectivity index (χ2v) is 8.29. The van der Waals surface area contributed by atoms with Gasteiger partial charge in [-0.1, -0.05) is 0 Å². The Kier molecular flexibility index (Phi) is 4.24. The van der Waals surface area contributed by atoms with Gasteiger partial charge in [-0.25, -0.2) is 13.2 Å². The van der Waals surface area contributed by atoms with Gasteiger partial charge in [-0.2, -0.15) is 0 Å². The molecule has 7 nitrogen and oxygen atoms in total. The van der Waals surface area contributed by atoms with Crippen LogP contribution in [0.1, 0.15) is 23.0 Å². The van der Waals surface area contributed by atoms with E-state index in [0.717, 1.165) is 11.3 Å². The number of carboxylic acid groups (broad SMARTS) is 1. The van der Waals surface area contributed by atoms with Gasteiger partial charge in [0.15, 0.2) is 16.4 Å². The van der Waals surface area contributed by atoms with Crippen molar-refractivity contribution in [3.63, 3.8) is 0 Å². The molecule has 0 saturated carbocycles. The van der Waals surface area contributed by atoms with Crippen molar-refractivity contribution in [2.45, 2.75) is 18.9 Å². The van der Waals surface area contributed by atoms with Crippen LogP contribution in [0.15, 0.2) is 11.4 Å². The Labute approximate surface area is 125 Å². The van der Waals surface area contributed by atoms with Crippen LogP contribution in [-0.4, -0.2) is 49.1 Å². The van der Waals surface area contributed by atoms with Crippen molar-refractivity contribution in [1.29, 1.82) is 0 Å². The lowest BCUT2D eigenvalue weighted by atomic mass is 10.0. The van der Waals surface area contributed by atoms with Crippen molar-refractivity contribution < 1.29 is 27.9 Å². The van der Waals surface area contributed by atoms with Crippen LogP contribution in [0.3, 0.4) is 0 Å². The zero-order chi connectivity index (χ0) is 15.7. The number of ether oxygens (including phenoxy) is 1. The molecule has 2 heterocycles. The maximum absolute atomic E-state index is 11.8. The Balaban J connectivity index is 1.86. The number of carbonyl (C=O) groups is 2. The monoisotopic (exact) mass is 333 g/mol. The fourth-order valence-electron chi connectivity index (χ4n) is 2.14. The number of hydrogen-bond donors (Lipinski definition) is 2. The molecule has 2 N–H and O–H groups in total. The highest BCUT2D eigenvalue weighted by molar-refractivity contribution is 7.91. The van der Waals surface area contributed by atoms with E-state index in [9.17, 15) is 18.0 Å². The number of thiophene rings is 1. The summed E-state index contributed by atoms with van der Waals surface area (Å²) < 4.78 is 28.1. The van der Waals surface area contributed by atoms with E-state index < -0.39 is 27.3 Å². The summed E-state index contributed by atoms with van der Waals surface area (Å²) in [4.78, 5) is 22.6. The molecule has 1 unspecified atom stereocenters. The maximum Gasteiger partial charge on any atom is 0.346 e. The van der Waals surface area contributed by atoms with Crippen LogP contribution >= 0.6 is 11.3 Å². The quantitative estimate of drug-likeness (QED) is 0.813. The van der Waals surface area contributed by atoms with Crippen LogP contribution in [0.4, 0.5) is 0 Å². The van der Waals surface area contributed by atoms with Crippen LogP contribution in [0, 0.1) is 0 Å². The number of aromatic carboxylic acids is 1. The van der Waals surface area contributed by atoms with Crippen molar-refractivity contribution in [2.24, 2.45) is 0 Å². The molecule has 0 bridgehead atoms. The Bertz CT molecular complexity index is 665. The summed E-state index contributed by atoms with van der Waals surface area (Å²) >= 11 is 1.01. The van der Waals surface area contributed by atoms with E-state index in [1.54, 1.807) is 6.92 Å². The Morgan fingerprint density at radius 3 is 2.76 bits per heavy atom. The maximum atomic E-state index is 11.8. The van der Waals surface area contributed by atoms with Gasteiger partial charge in [0.05, 0.1) is 17.0 Å². The highest BCUT2D eigenvalue weighted by atomic mass is 32.2. The number of rotatable bonds is 5. The minimum Gasteiger partial charge on any atom is -0.483 e. The standard InChI is InChI=1S/C12H15NO6S2/c1-12(2-3-21(17,18)7-12)13-10(14)5-19-8-4-9(11(15)16)20-6-8/h4,6H,2-3,5,7H2,1H3,(H,13,14)(H,15,16). The predicted octanol–water partition coefficient (Wildman–Crippen LogP) is 0.518. The lowest BCUT2D eigenvalue weighted by Gasteiger charge is -2.23. The van der Waals surface area contributed by atoms with Crippen LogP contribution in [0.25, 0.3) is 0 Å². The van der Waals surface area contributed by atoms with Crippen molar-refractivity contribution >= 4 is 33.1 Å². The molecule has 1 saturated heterocycles. The Hall–Kier alpha value is -1.61. The molecule has 0 aromatic carbocycles. The molecule has 0 spiro atoms. The Morgan fingerprint density at radius 1 is 1.52 bits per heavy atom. The molecule has 1 amide bonds. The molecule has 1 fully saturated rings. The van der Waals surface area contributed by atoms with E-state index in [1.807, 2.05) is 0 Å². The van der Waals surface area contributed by atoms with Gasteiger partial charge < -0.3 is 15.2 Å². The number of sulfone groups is 1. The van der Waals surface area contributed by atoms with E-state index in [1.165, 1.54) is 11.4 Å². The highest BCUT2D eigenvalue weighted by Gasteiger charge is 2.39. The fraction of sp³-hybridized carbons (Fsp3) is 0.500. The summed E-state index contributed by atoms with van der Waals surface area (Å²) in [7, 11) is -3.09. The van der Waals surface area contributed by atoms with Gasteiger partial charge in [0.2, 0.25) is 0 Å². The third-order valence-electron chi connectivity index (χ3n) is 3.10. The summed E-state index contributed by atoms with van der Waals surface area (Å²) in [6.45, 7) is 1.40. The second-order valence-electron chi connectivity index (χ2n) is 5.19. The number of carbonyl (C=O) groups excluding carboxylic acids is 1. The Morgan fingerprint density at radius 2 is 2.24 bits per heavy atom. The average Bonchev–Trinajstić information content (AvgIpc) is 2.91. The van der Waals surface area contributed by atoms with Crippen molar-refractivity contribution in [1.82, 2.24) is 5.32 Å². The minimum atomic E-state index is -3.09. The number of carboxylic acids is 1. The molecular formula is C12H15NO6S2. The second kappa shape index (κ2) is 5.64. The topological polar surface area (TPSA) is 110 Å². The fourth-order valence-corrected chi connectivity index (χ4v) is 4.89. The van der Waals surface area contributed by atoms with E-state index in [-0.39, 0.29) is 23.0 Å². The molecule has 21 heavy (non-hydrogen) atoms. The molecule has 9 heteroatoms. The largest absolute Gasteiger partial charge is 0.483 e. The first-order valence-electron chi connectivity index (χ1n) is 6.15. The van der Waals surface area contributed by atoms with Gasteiger partial charge in [-0.3, -0.25) is 4.79 Å². The average molecular weight is 333 g/mol. The normalized spacial score (nSPS) is 23.7. The molecular weight excluding hydrogens is 318 g/mol. The van der Waals surface area contributed by atoms with Gasteiger partial charge in [-0.05, 0) is 13.3 Å². The first-order chi connectivity index (χ1) is 9.69. The molecule has 1 aliphatic heterocycles. The number of hydrogen-bond acceptors (Lipinski definition) is 6. The third-order valence-corrected chi connectivity index (χ3v) is 5.90. The molecule has 1 aliphatic rings. The molecule has 1 aromatic rings. The lowest BCUT2D eigenvalue weighted by molar-refractivity contribution is -0.124. The van der Waals surface area contributed by atoms with Gasteiger partial charge >= 0.3 is 5.97 Å². The summed E-state index contributed by atoms with van der Waals surface area (Å²) in [5.74, 6) is -1.19. The molecule has 0 radical (unpaired) electrons. The van der Waals surface area contributed by atoms with Crippen LogP contribution in [-0.2, 0) is 14.6 Å². The van der Waals surface area contributed by atoms with Crippen LogP contribution in [0.2, 0.25) is 0 Å². The highest BCUT2D eigenvalue weighted by Crippen LogP contribution is 2.23. The summed E-state index contributed by atoms with van der Waals surface area (Å²) in [5.41, 5.74) is -0.764. The van der Waals surface area contributed by atoms with Crippen molar-refractivity contribution in [3.8, 4) is 5.75 Å².